The third-order valence-electron chi connectivity index (χ3n) is 6.31. The molecule has 7 nitrogen and oxygen atoms in total. The lowest BCUT2D eigenvalue weighted by Crippen LogP contribution is -2.55. The first-order chi connectivity index (χ1) is 13.9. The maximum absolute atomic E-state index is 13.2. The van der Waals surface area contributed by atoms with Crippen molar-refractivity contribution in [3.05, 3.63) is 35.9 Å². The number of amides is 1. The molecule has 1 saturated heterocycles. The monoisotopic (exact) mass is 402 g/mol. The molecule has 29 heavy (non-hydrogen) atoms. The Bertz CT molecular complexity index is 738. The molecule has 5 atom stereocenters. The quantitative estimate of drug-likeness (QED) is 0.616. The van der Waals surface area contributed by atoms with Crippen LogP contribution in [-0.2, 0) is 20.8 Å². The van der Waals surface area contributed by atoms with Gasteiger partial charge in [-0.25, -0.2) is 4.79 Å². The molecule has 3 rings (SSSR count). The molecule has 7 heteroatoms. The van der Waals surface area contributed by atoms with E-state index in [2.05, 4.69) is 5.32 Å². The van der Waals surface area contributed by atoms with E-state index in [1.165, 1.54) is 4.90 Å². The zero-order valence-corrected chi connectivity index (χ0v) is 16.8. The first-order valence-electron chi connectivity index (χ1n) is 10.5. The van der Waals surface area contributed by atoms with Crippen molar-refractivity contribution in [2.45, 2.75) is 76.0 Å². The molecule has 1 aliphatic carbocycles. The predicted octanol–water partition coefficient (Wildman–Crippen LogP) is 2.29. The average molecular weight is 402 g/mol. The standard InChI is InChI=1S/C22H30N2O5/c1-14(23-17(21(26)27)12-11-15-7-3-2-4-8-15)20(25)24-18-10-6-5-9-16(18)13-19(24)22(28)29/h2-4,7-8,14,16-19,23H,5-6,9-13H2,1H3,(H,26,27)(H,28,29)/t14?,16?,17-,18?,19-/m0/s1. The van der Waals surface area contributed by atoms with Gasteiger partial charge < -0.3 is 15.1 Å². The van der Waals surface area contributed by atoms with Crippen molar-refractivity contribution >= 4 is 17.8 Å². The molecule has 158 valence electrons. The number of benzene rings is 1. The largest absolute Gasteiger partial charge is 0.480 e. The van der Waals surface area contributed by atoms with Gasteiger partial charge in [0.05, 0.1) is 6.04 Å². The summed E-state index contributed by atoms with van der Waals surface area (Å²) in [5.74, 6) is -2.06. The topological polar surface area (TPSA) is 107 Å². The van der Waals surface area contributed by atoms with E-state index in [4.69, 9.17) is 0 Å². The van der Waals surface area contributed by atoms with Gasteiger partial charge in [-0.2, -0.15) is 0 Å². The van der Waals surface area contributed by atoms with Gasteiger partial charge in [0, 0.05) is 6.04 Å². The number of aliphatic carboxylic acids is 2. The van der Waals surface area contributed by atoms with Crippen molar-refractivity contribution in [2.75, 3.05) is 0 Å². The fourth-order valence-corrected chi connectivity index (χ4v) is 4.83. The minimum atomic E-state index is -1.01. The fourth-order valence-electron chi connectivity index (χ4n) is 4.83. The lowest BCUT2D eigenvalue weighted by atomic mass is 9.84. The van der Waals surface area contributed by atoms with E-state index in [9.17, 15) is 24.6 Å². The van der Waals surface area contributed by atoms with Crippen LogP contribution in [0.1, 0.15) is 51.0 Å². The normalized spacial score (nSPS) is 25.8. The molecule has 3 unspecified atom stereocenters. The van der Waals surface area contributed by atoms with Crippen LogP contribution in [0.5, 0.6) is 0 Å². The second-order valence-electron chi connectivity index (χ2n) is 8.25. The maximum atomic E-state index is 13.2. The second-order valence-corrected chi connectivity index (χ2v) is 8.25. The van der Waals surface area contributed by atoms with Crippen molar-refractivity contribution in [1.82, 2.24) is 10.2 Å². The van der Waals surface area contributed by atoms with Crippen LogP contribution in [0.4, 0.5) is 0 Å². The van der Waals surface area contributed by atoms with Gasteiger partial charge in [0.2, 0.25) is 5.91 Å². The Hall–Kier alpha value is -2.41. The summed E-state index contributed by atoms with van der Waals surface area (Å²) in [6, 6.07) is 7.12. The summed E-state index contributed by atoms with van der Waals surface area (Å²) >= 11 is 0. The highest BCUT2D eigenvalue weighted by Crippen LogP contribution is 2.40. The van der Waals surface area contributed by atoms with Gasteiger partial charge in [-0.3, -0.25) is 14.9 Å². The Labute approximate surface area is 171 Å². The number of hydrogen-bond acceptors (Lipinski definition) is 4. The highest BCUT2D eigenvalue weighted by atomic mass is 16.4. The number of carboxylic acid groups (broad SMARTS) is 2. The first kappa shape index (κ1) is 21.3. The molecule has 3 N–H and O–H groups in total. The van der Waals surface area contributed by atoms with E-state index in [1.807, 2.05) is 30.3 Å². The van der Waals surface area contributed by atoms with Gasteiger partial charge in [0.1, 0.15) is 12.1 Å². The molecule has 2 fully saturated rings. The van der Waals surface area contributed by atoms with Crippen LogP contribution in [0.2, 0.25) is 0 Å². The first-order valence-corrected chi connectivity index (χ1v) is 10.5. The molecule has 0 spiro atoms. The number of carbonyl (C=O) groups is 3. The highest BCUT2D eigenvalue weighted by Gasteiger charge is 2.48. The van der Waals surface area contributed by atoms with Crippen LogP contribution in [0.15, 0.2) is 30.3 Å². The average Bonchev–Trinajstić information content (AvgIpc) is 3.10. The summed E-state index contributed by atoms with van der Waals surface area (Å²) in [5.41, 5.74) is 1.04. The van der Waals surface area contributed by atoms with E-state index >= 15 is 0 Å². The van der Waals surface area contributed by atoms with Crippen LogP contribution < -0.4 is 5.32 Å². The van der Waals surface area contributed by atoms with E-state index in [0.717, 1.165) is 31.2 Å². The number of aryl methyl sites for hydroxylation is 1. The molecule has 1 aromatic rings. The number of rotatable bonds is 8. The molecule has 2 aliphatic rings. The number of carbonyl (C=O) groups excluding carboxylic acids is 1. The van der Waals surface area contributed by atoms with Crippen LogP contribution in [0.3, 0.4) is 0 Å². The van der Waals surface area contributed by atoms with Gasteiger partial charge in [0.15, 0.2) is 0 Å². The van der Waals surface area contributed by atoms with Crippen LogP contribution >= 0.6 is 0 Å². The zero-order chi connectivity index (χ0) is 21.0. The Morgan fingerprint density at radius 3 is 2.48 bits per heavy atom. The van der Waals surface area contributed by atoms with Gasteiger partial charge in [-0.1, -0.05) is 43.2 Å². The van der Waals surface area contributed by atoms with Crippen molar-refractivity contribution in [2.24, 2.45) is 5.92 Å². The summed E-state index contributed by atoms with van der Waals surface area (Å²) in [4.78, 5) is 38.2. The number of carboxylic acids is 2. The zero-order valence-electron chi connectivity index (χ0n) is 16.8. The molecular weight excluding hydrogens is 372 g/mol. The van der Waals surface area contributed by atoms with Crippen molar-refractivity contribution in [3.63, 3.8) is 0 Å². The van der Waals surface area contributed by atoms with E-state index in [0.29, 0.717) is 19.3 Å². The SMILES string of the molecule is CC(N[C@@H](CCc1ccccc1)C(=O)O)C(=O)N1C2CCCCC2C[C@H]1C(=O)O. The smallest absolute Gasteiger partial charge is 0.326 e. The summed E-state index contributed by atoms with van der Waals surface area (Å²) in [5, 5.41) is 22.2. The molecule has 1 aliphatic heterocycles. The number of likely N-dealkylation sites (tertiary alicyclic amines) is 1. The molecule has 1 heterocycles. The predicted molar refractivity (Wildman–Crippen MR) is 107 cm³/mol. The van der Waals surface area contributed by atoms with Gasteiger partial charge in [-0.15, -0.1) is 0 Å². The van der Waals surface area contributed by atoms with Crippen molar-refractivity contribution in [1.29, 1.82) is 0 Å². The van der Waals surface area contributed by atoms with E-state index in [1.54, 1.807) is 6.92 Å². The molecule has 0 bridgehead atoms. The fraction of sp³-hybridized carbons (Fsp3) is 0.591. The Kier molecular flexibility index (Phi) is 6.90. The number of nitrogens with one attached hydrogen (secondary N) is 1. The number of hydrogen-bond donors (Lipinski definition) is 3. The Balaban J connectivity index is 1.66. The summed E-state index contributed by atoms with van der Waals surface area (Å²) < 4.78 is 0. The van der Waals surface area contributed by atoms with Crippen molar-refractivity contribution < 1.29 is 24.6 Å². The molecule has 1 saturated carbocycles. The maximum Gasteiger partial charge on any atom is 0.326 e. The minimum absolute atomic E-state index is 0.0470. The van der Waals surface area contributed by atoms with Crippen LogP contribution in [-0.4, -0.2) is 57.1 Å². The Morgan fingerprint density at radius 2 is 1.83 bits per heavy atom. The van der Waals surface area contributed by atoms with E-state index in [-0.39, 0.29) is 17.9 Å². The van der Waals surface area contributed by atoms with Crippen molar-refractivity contribution in [3.8, 4) is 0 Å². The molecular formula is C22H30N2O5. The minimum Gasteiger partial charge on any atom is -0.480 e. The Morgan fingerprint density at radius 1 is 1.14 bits per heavy atom. The molecule has 0 aromatic heterocycles. The summed E-state index contributed by atoms with van der Waals surface area (Å²) in [6.07, 6.45) is 5.27. The lowest BCUT2D eigenvalue weighted by Gasteiger charge is -2.35. The summed E-state index contributed by atoms with van der Waals surface area (Å²) in [6.45, 7) is 1.63. The van der Waals surface area contributed by atoms with E-state index < -0.39 is 30.1 Å². The van der Waals surface area contributed by atoms with Gasteiger partial charge >= 0.3 is 11.9 Å². The summed E-state index contributed by atoms with van der Waals surface area (Å²) in [7, 11) is 0. The third kappa shape index (κ3) is 4.96. The van der Waals surface area contributed by atoms with Crippen LogP contribution in [0.25, 0.3) is 0 Å². The number of nitrogens with zero attached hydrogens (tertiary/aromatic N) is 1. The van der Waals surface area contributed by atoms with Crippen LogP contribution in [0, 0.1) is 5.92 Å². The molecule has 0 radical (unpaired) electrons. The molecule has 1 amide bonds. The molecule has 1 aromatic carbocycles. The highest BCUT2D eigenvalue weighted by molar-refractivity contribution is 5.88. The van der Waals surface area contributed by atoms with Gasteiger partial charge in [-0.05, 0) is 50.5 Å². The number of fused-ring (bicyclic) bond motifs is 1. The van der Waals surface area contributed by atoms with Gasteiger partial charge in [0.25, 0.3) is 0 Å². The third-order valence-corrected chi connectivity index (χ3v) is 6.31. The lowest BCUT2D eigenvalue weighted by molar-refractivity contribution is -0.151. The second kappa shape index (κ2) is 9.39.